The fourth-order valence-electron chi connectivity index (χ4n) is 0.812. The van der Waals surface area contributed by atoms with E-state index < -0.39 is 11.6 Å². The predicted molar refractivity (Wildman–Crippen MR) is 42.4 cm³/mol. The van der Waals surface area contributed by atoms with Gasteiger partial charge in [-0.15, -0.1) is 0 Å². The van der Waals surface area contributed by atoms with Gasteiger partial charge in [0.25, 0.3) is 0 Å². The Morgan fingerprint density at radius 3 is 2.58 bits per heavy atom. The topological polar surface area (TPSA) is 51.2 Å². The molecule has 0 aromatic heterocycles. The van der Waals surface area contributed by atoms with Gasteiger partial charge in [0, 0.05) is 6.08 Å². The standard InChI is InChI=1S/C9H6O3/c1-2-8(11)7-5-6(10)3-4-9(7)12/h2-5H,1H2. The van der Waals surface area contributed by atoms with Crippen LogP contribution >= 0.6 is 0 Å². The molecule has 3 heteroatoms. The molecule has 3 nitrogen and oxygen atoms in total. The number of hydrogen-bond acceptors (Lipinski definition) is 3. The first-order valence-corrected chi connectivity index (χ1v) is 3.30. The third-order valence-corrected chi connectivity index (χ3v) is 1.40. The number of rotatable bonds is 2. The van der Waals surface area contributed by atoms with Crippen LogP contribution in [0.1, 0.15) is 0 Å². The fraction of sp³-hybridized carbons (Fsp3) is 0. The van der Waals surface area contributed by atoms with Gasteiger partial charge in [-0.3, -0.25) is 14.4 Å². The van der Waals surface area contributed by atoms with E-state index in [2.05, 4.69) is 6.58 Å². The van der Waals surface area contributed by atoms with Crippen molar-refractivity contribution in [1.82, 2.24) is 0 Å². The molecule has 0 saturated carbocycles. The van der Waals surface area contributed by atoms with Crippen molar-refractivity contribution < 1.29 is 14.4 Å². The van der Waals surface area contributed by atoms with E-state index in [1.807, 2.05) is 0 Å². The summed E-state index contributed by atoms with van der Waals surface area (Å²) in [6, 6.07) is 0. The first-order valence-electron chi connectivity index (χ1n) is 3.30. The van der Waals surface area contributed by atoms with Crippen LogP contribution in [0.15, 0.2) is 36.5 Å². The average Bonchev–Trinajstić information content (AvgIpc) is 2.08. The van der Waals surface area contributed by atoms with Crippen molar-refractivity contribution in [2.24, 2.45) is 0 Å². The van der Waals surface area contributed by atoms with Crippen molar-refractivity contribution in [1.29, 1.82) is 0 Å². The molecule has 0 aromatic carbocycles. The molecule has 0 radical (unpaired) electrons. The first-order chi connectivity index (χ1) is 5.65. The van der Waals surface area contributed by atoms with Crippen molar-refractivity contribution in [2.45, 2.75) is 0 Å². The Bertz CT molecular complexity index is 322. The van der Waals surface area contributed by atoms with Crippen molar-refractivity contribution in [3.05, 3.63) is 36.5 Å². The Hall–Kier alpha value is -1.77. The number of allylic oxidation sites excluding steroid dienone is 5. The number of carbonyl (C=O) groups is 3. The molecule has 0 aromatic rings. The van der Waals surface area contributed by atoms with Crippen LogP contribution < -0.4 is 0 Å². The van der Waals surface area contributed by atoms with Gasteiger partial charge in [0.05, 0.1) is 5.57 Å². The van der Waals surface area contributed by atoms with Crippen LogP contribution in [-0.2, 0) is 14.4 Å². The number of hydrogen-bond donors (Lipinski definition) is 0. The zero-order valence-electron chi connectivity index (χ0n) is 6.24. The molecule has 0 fully saturated rings. The molecule has 0 amide bonds. The predicted octanol–water partition coefficient (Wildman–Crippen LogP) is 0.376. The van der Waals surface area contributed by atoms with Gasteiger partial charge < -0.3 is 0 Å². The lowest BCUT2D eigenvalue weighted by Gasteiger charge is -2.00. The second kappa shape index (κ2) is 3.09. The van der Waals surface area contributed by atoms with Crippen molar-refractivity contribution in [3.63, 3.8) is 0 Å². The Morgan fingerprint density at radius 2 is 2.00 bits per heavy atom. The van der Waals surface area contributed by atoms with Crippen LogP contribution in [-0.4, -0.2) is 17.3 Å². The van der Waals surface area contributed by atoms with Crippen LogP contribution in [0.25, 0.3) is 0 Å². The van der Waals surface area contributed by atoms with Crippen molar-refractivity contribution >= 4 is 17.3 Å². The third-order valence-electron chi connectivity index (χ3n) is 1.40. The number of ketones is 3. The Kier molecular flexibility index (Phi) is 2.14. The van der Waals surface area contributed by atoms with Gasteiger partial charge in [-0.1, -0.05) is 6.58 Å². The summed E-state index contributed by atoms with van der Waals surface area (Å²) in [7, 11) is 0. The summed E-state index contributed by atoms with van der Waals surface area (Å²) in [5, 5.41) is 0. The van der Waals surface area contributed by atoms with E-state index in [1.54, 1.807) is 0 Å². The molecule has 0 N–H and O–H groups in total. The van der Waals surface area contributed by atoms with E-state index in [1.165, 1.54) is 0 Å². The summed E-state index contributed by atoms with van der Waals surface area (Å²) in [6.45, 7) is 3.22. The lowest BCUT2D eigenvalue weighted by atomic mass is 10.00. The summed E-state index contributed by atoms with van der Waals surface area (Å²) in [6.07, 6.45) is 4.24. The first kappa shape index (κ1) is 8.33. The lowest BCUT2D eigenvalue weighted by Crippen LogP contribution is -2.13. The monoisotopic (exact) mass is 162 g/mol. The molecule has 0 bridgehead atoms. The summed E-state index contributed by atoms with van der Waals surface area (Å²) in [5.41, 5.74) is -0.113. The normalized spacial score (nSPS) is 15.8. The van der Waals surface area contributed by atoms with E-state index >= 15 is 0 Å². The minimum atomic E-state index is -0.516. The van der Waals surface area contributed by atoms with Crippen LogP contribution in [0.5, 0.6) is 0 Å². The molecule has 60 valence electrons. The molecule has 0 saturated heterocycles. The highest BCUT2D eigenvalue weighted by Gasteiger charge is 2.17. The molecular weight excluding hydrogens is 156 g/mol. The zero-order valence-corrected chi connectivity index (χ0v) is 6.24. The third kappa shape index (κ3) is 1.45. The van der Waals surface area contributed by atoms with Crippen molar-refractivity contribution in [2.75, 3.05) is 0 Å². The summed E-state index contributed by atoms with van der Waals surface area (Å²) >= 11 is 0. The van der Waals surface area contributed by atoms with E-state index in [9.17, 15) is 14.4 Å². The Labute approximate surface area is 69.1 Å². The highest BCUT2D eigenvalue weighted by atomic mass is 16.2. The van der Waals surface area contributed by atoms with Gasteiger partial charge in [-0.25, -0.2) is 0 Å². The maximum atomic E-state index is 11.0. The van der Waals surface area contributed by atoms with Crippen LogP contribution in [0.4, 0.5) is 0 Å². The van der Waals surface area contributed by atoms with E-state index in [0.717, 1.165) is 24.3 Å². The fourth-order valence-corrected chi connectivity index (χ4v) is 0.812. The minimum Gasteiger partial charge on any atom is -0.290 e. The van der Waals surface area contributed by atoms with Gasteiger partial charge >= 0.3 is 0 Å². The average molecular weight is 162 g/mol. The maximum absolute atomic E-state index is 11.0. The minimum absolute atomic E-state index is 0.113. The van der Waals surface area contributed by atoms with E-state index in [-0.39, 0.29) is 11.4 Å². The second-order valence-corrected chi connectivity index (χ2v) is 2.23. The van der Waals surface area contributed by atoms with Crippen LogP contribution in [0.3, 0.4) is 0 Å². The van der Waals surface area contributed by atoms with Gasteiger partial charge in [-0.05, 0) is 18.2 Å². The van der Waals surface area contributed by atoms with E-state index in [4.69, 9.17) is 0 Å². The Balaban J connectivity index is 3.04. The molecule has 1 rings (SSSR count). The van der Waals surface area contributed by atoms with Gasteiger partial charge in [-0.2, -0.15) is 0 Å². The quantitative estimate of drug-likeness (QED) is 0.335. The van der Waals surface area contributed by atoms with Crippen LogP contribution in [0, 0.1) is 0 Å². The SMILES string of the molecule is C=CC(=O)C1=CC(=O)C=CC1=O. The van der Waals surface area contributed by atoms with Gasteiger partial charge in [0.1, 0.15) is 0 Å². The van der Waals surface area contributed by atoms with Gasteiger partial charge in [0.2, 0.25) is 0 Å². The molecule has 1 aliphatic rings. The molecule has 0 atom stereocenters. The highest BCUT2D eigenvalue weighted by Crippen LogP contribution is 2.06. The molecule has 0 heterocycles. The molecule has 12 heavy (non-hydrogen) atoms. The zero-order chi connectivity index (χ0) is 9.14. The molecule has 0 aliphatic heterocycles. The largest absolute Gasteiger partial charge is 0.290 e. The van der Waals surface area contributed by atoms with E-state index in [0.29, 0.717) is 0 Å². The smallest absolute Gasteiger partial charge is 0.190 e. The molecular formula is C9H6O3. The molecule has 0 unspecified atom stereocenters. The molecule has 0 spiro atoms. The lowest BCUT2D eigenvalue weighted by molar-refractivity contribution is -0.118. The van der Waals surface area contributed by atoms with Gasteiger partial charge in [0.15, 0.2) is 17.3 Å². The van der Waals surface area contributed by atoms with Crippen molar-refractivity contribution in [3.8, 4) is 0 Å². The maximum Gasteiger partial charge on any atom is 0.190 e. The second-order valence-electron chi connectivity index (χ2n) is 2.23. The summed E-state index contributed by atoms with van der Waals surface area (Å²) < 4.78 is 0. The summed E-state index contributed by atoms with van der Waals surface area (Å²) in [4.78, 5) is 32.6. The van der Waals surface area contributed by atoms with Crippen LogP contribution in [0.2, 0.25) is 0 Å². The highest BCUT2D eigenvalue weighted by molar-refractivity contribution is 6.32. The Morgan fingerprint density at radius 1 is 1.33 bits per heavy atom. The molecule has 1 aliphatic carbocycles. The number of carbonyl (C=O) groups excluding carboxylic acids is 3. The summed E-state index contributed by atoms with van der Waals surface area (Å²) in [5.74, 6) is -1.31.